The number of nitrogens with one attached hydrogen (secondary N) is 1. The second-order valence-corrected chi connectivity index (χ2v) is 17.2. The summed E-state index contributed by atoms with van der Waals surface area (Å²) in [5.74, 6) is 0.611. The van der Waals surface area contributed by atoms with Crippen LogP contribution in [0.25, 0.3) is 11.4 Å². The summed E-state index contributed by atoms with van der Waals surface area (Å²) in [7, 11) is 0. The van der Waals surface area contributed by atoms with Gasteiger partial charge in [-0.3, -0.25) is 0 Å². The van der Waals surface area contributed by atoms with E-state index in [-0.39, 0.29) is 0 Å². The first-order valence-electron chi connectivity index (χ1n) is 10.9. The van der Waals surface area contributed by atoms with Gasteiger partial charge in [-0.2, -0.15) is 0 Å². The number of benzene rings is 4. The predicted octanol–water partition coefficient (Wildman–Crippen LogP) is 5.25. The van der Waals surface area contributed by atoms with Crippen molar-refractivity contribution in [3.05, 3.63) is 121 Å². The van der Waals surface area contributed by atoms with E-state index in [0.29, 0.717) is 5.82 Å². The molecule has 1 N–H and O–H groups in total. The Kier molecular flexibility index (Phi) is 5.92. The number of nitrogens with zero attached hydrogens (tertiary/aromatic N) is 3. The Bertz CT molecular complexity index is 1210. The monoisotopic (exact) mass is 514 g/mol. The van der Waals surface area contributed by atoms with Gasteiger partial charge in [0.15, 0.2) is 0 Å². The van der Waals surface area contributed by atoms with Crippen LogP contribution in [0.3, 0.4) is 0 Å². The number of aryl methyl sites for hydroxylation is 1. The van der Waals surface area contributed by atoms with Crippen molar-refractivity contribution in [2.24, 2.45) is 0 Å². The fourth-order valence-electron chi connectivity index (χ4n) is 4.49. The van der Waals surface area contributed by atoms with Gasteiger partial charge in [0.2, 0.25) is 0 Å². The van der Waals surface area contributed by atoms with E-state index >= 15 is 0 Å². The van der Waals surface area contributed by atoms with Gasteiger partial charge >= 0.3 is 202 Å². The zero-order valence-corrected chi connectivity index (χ0v) is 20.5. The Balaban J connectivity index is 1.61. The average Bonchev–Trinajstić information content (AvgIpc) is 3.45. The van der Waals surface area contributed by atoms with Crippen molar-refractivity contribution in [2.75, 3.05) is 6.16 Å². The van der Waals surface area contributed by atoms with E-state index in [1.165, 1.54) is 21.5 Å². The summed E-state index contributed by atoms with van der Waals surface area (Å²) < 4.78 is 0. The van der Waals surface area contributed by atoms with Crippen LogP contribution in [0.15, 0.2) is 115 Å². The molecule has 0 unspecified atom stereocenters. The third kappa shape index (κ3) is 3.92. The van der Waals surface area contributed by atoms with Crippen LogP contribution in [0.5, 0.6) is 0 Å². The topological polar surface area (TPSA) is 54.5 Å². The molecular formula is C27H24BrN4P. The van der Waals surface area contributed by atoms with Crippen LogP contribution >= 0.6 is 20.8 Å². The molecule has 0 amide bonds. The number of aromatic nitrogens is 4. The van der Waals surface area contributed by atoms with Gasteiger partial charge in [-0.1, -0.05) is 0 Å². The molecule has 0 bridgehead atoms. The predicted molar refractivity (Wildman–Crippen MR) is 142 cm³/mol. The standard InChI is InChI=1S/C27H24BrN4P/c28-33(24-10-4-1-5-11-24,25-12-6-2-7-13-25,26-14-8-3-9-15-26)21-20-22-16-18-23(19-17-22)27-29-31-32-30-27/h1-19H,20-21H2,(H,29,30,31,32). The summed E-state index contributed by atoms with van der Waals surface area (Å²) >= 11 is 4.52. The molecule has 0 aliphatic rings. The minimum absolute atomic E-state index is 0.611. The van der Waals surface area contributed by atoms with Crippen LogP contribution < -0.4 is 15.9 Å². The van der Waals surface area contributed by atoms with Gasteiger partial charge in [-0.15, -0.1) is 0 Å². The molecule has 0 saturated heterocycles. The molecule has 4 nitrogen and oxygen atoms in total. The van der Waals surface area contributed by atoms with Crippen LogP contribution in [0.2, 0.25) is 0 Å². The van der Waals surface area contributed by atoms with Gasteiger partial charge in [0.1, 0.15) is 0 Å². The number of hydrogen-bond donors (Lipinski definition) is 1. The van der Waals surface area contributed by atoms with Crippen LogP contribution in [-0.2, 0) is 6.42 Å². The molecule has 33 heavy (non-hydrogen) atoms. The van der Waals surface area contributed by atoms with Crippen LogP contribution in [0, 0.1) is 0 Å². The molecule has 6 heteroatoms. The molecule has 164 valence electrons. The minimum atomic E-state index is -2.92. The normalized spacial score (nSPS) is 12.7. The molecule has 5 rings (SSSR count). The van der Waals surface area contributed by atoms with Gasteiger partial charge < -0.3 is 0 Å². The molecule has 0 atom stereocenters. The fraction of sp³-hybridized carbons (Fsp3) is 0.0741. The zero-order chi connectivity index (χ0) is 22.6. The van der Waals surface area contributed by atoms with Crippen LogP contribution in [0.4, 0.5) is 0 Å². The molecule has 0 aliphatic heterocycles. The van der Waals surface area contributed by atoms with E-state index < -0.39 is 5.31 Å². The van der Waals surface area contributed by atoms with Crippen molar-refractivity contribution >= 4 is 36.7 Å². The molecule has 0 fully saturated rings. The van der Waals surface area contributed by atoms with Crippen molar-refractivity contribution < 1.29 is 0 Å². The summed E-state index contributed by atoms with van der Waals surface area (Å²) in [6, 6.07) is 41.2. The number of aromatic amines is 1. The van der Waals surface area contributed by atoms with E-state index in [9.17, 15) is 0 Å². The van der Waals surface area contributed by atoms with Gasteiger partial charge in [0.05, 0.1) is 0 Å². The van der Waals surface area contributed by atoms with E-state index in [0.717, 1.165) is 18.1 Å². The fourth-order valence-corrected chi connectivity index (χ4v) is 11.9. The summed E-state index contributed by atoms with van der Waals surface area (Å²) in [6.45, 7) is 0. The maximum atomic E-state index is 4.52. The first-order chi connectivity index (χ1) is 16.2. The molecule has 0 saturated carbocycles. The van der Waals surface area contributed by atoms with Crippen LogP contribution in [-0.4, -0.2) is 26.8 Å². The molecule has 0 spiro atoms. The van der Waals surface area contributed by atoms with E-state index in [1.807, 2.05) is 0 Å². The van der Waals surface area contributed by atoms with E-state index in [2.05, 4.69) is 151 Å². The molecule has 1 heterocycles. The maximum absolute atomic E-state index is 4.52. The van der Waals surface area contributed by atoms with Crippen molar-refractivity contribution in [1.82, 2.24) is 20.6 Å². The average molecular weight is 515 g/mol. The molecule has 0 radical (unpaired) electrons. The number of hydrogen-bond acceptors (Lipinski definition) is 3. The molecular weight excluding hydrogens is 491 g/mol. The van der Waals surface area contributed by atoms with Gasteiger partial charge in [-0.05, 0) is 0 Å². The third-order valence-corrected chi connectivity index (χ3v) is 16.2. The molecule has 4 aromatic carbocycles. The Hall–Kier alpha value is -3.14. The first kappa shape index (κ1) is 21.7. The second kappa shape index (κ2) is 9.01. The Labute approximate surface area is 201 Å². The number of H-pyrrole nitrogens is 1. The zero-order valence-electron chi connectivity index (χ0n) is 18.1. The van der Waals surface area contributed by atoms with Gasteiger partial charge in [0.25, 0.3) is 0 Å². The van der Waals surface area contributed by atoms with Crippen molar-refractivity contribution in [1.29, 1.82) is 0 Å². The molecule has 1 aromatic heterocycles. The Morgan fingerprint density at radius 2 is 1.12 bits per heavy atom. The second-order valence-electron chi connectivity index (χ2n) is 8.10. The SMILES string of the molecule is BrP(CCc1ccc(-c2nn[nH]n2)cc1)(c1ccccc1)(c1ccccc1)c1ccccc1. The summed E-state index contributed by atoms with van der Waals surface area (Å²) in [4.78, 5) is 0. The Morgan fingerprint density at radius 3 is 1.55 bits per heavy atom. The van der Waals surface area contributed by atoms with E-state index in [4.69, 9.17) is 0 Å². The first-order valence-corrected chi connectivity index (χ1v) is 15.3. The summed E-state index contributed by atoms with van der Waals surface area (Å²) in [6.07, 6.45) is 1.89. The van der Waals surface area contributed by atoms with Crippen LogP contribution in [0.1, 0.15) is 5.56 Å². The van der Waals surface area contributed by atoms with E-state index in [1.54, 1.807) is 0 Å². The Morgan fingerprint density at radius 1 is 0.636 bits per heavy atom. The van der Waals surface area contributed by atoms with Gasteiger partial charge in [0, 0.05) is 0 Å². The molecule has 0 aliphatic carbocycles. The van der Waals surface area contributed by atoms with Crippen molar-refractivity contribution in [2.45, 2.75) is 6.42 Å². The molecule has 5 aromatic rings. The third-order valence-electron chi connectivity index (χ3n) is 6.26. The quantitative estimate of drug-likeness (QED) is 0.302. The van der Waals surface area contributed by atoms with Crippen molar-refractivity contribution in [3.63, 3.8) is 0 Å². The summed E-state index contributed by atoms with van der Waals surface area (Å²) in [5.41, 5.74) is 2.23. The van der Waals surface area contributed by atoms with Gasteiger partial charge in [-0.25, -0.2) is 0 Å². The number of tetrazole rings is 1. The number of halogens is 1. The van der Waals surface area contributed by atoms with Crippen molar-refractivity contribution in [3.8, 4) is 11.4 Å². The number of rotatable bonds is 7. The summed E-state index contributed by atoms with van der Waals surface area (Å²) in [5, 5.41) is 15.4.